The molecule has 5 heteroatoms. The van der Waals surface area contributed by atoms with Crippen LogP contribution in [-0.4, -0.2) is 16.5 Å². The number of hydrogen-bond donors (Lipinski definition) is 1. The molecule has 2 heterocycles. The fourth-order valence-electron chi connectivity index (χ4n) is 1.79. The average molecular weight is 282 g/mol. The molecule has 0 bridgehead atoms. The van der Waals surface area contributed by atoms with Crippen LogP contribution in [-0.2, 0) is 13.2 Å². The van der Waals surface area contributed by atoms with Crippen molar-refractivity contribution in [3.63, 3.8) is 0 Å². The molecule has 0 fully saturated rings. The van der Waals surface area contributed by atoms with E-state index >= 15 is 0 Å². The van der Waals surface area contributed by atoms with Crippen LogP contribution in [0.1, 0.15) is 30.3 Å². The lowest BCUT2D eigenvalue weighted by Gasteiger charge is -2.07. The number of ether oxygens (including phenoxy) is 1. The summed E-state index contributed by atoms with van der Waals surface area (Å²) in [7, 11) is 0. The van der Waals surface area contributed by atoms with E-state index in [1.807, 2.05) is 24.3 Å². The number of nitrogens with one attached hydrogen (secondary N) is 1. The fourth-order valence-corrected chi connectivity index (χ4v) is 1.79. The van der Waals surface area contributed by atoms with E-state index in [1.165, 1.54) is 0 Å². The topological polar surface area (TPSA) is 70.8 Å². The minimum atomic E-state index is 0.395. The van der Waals surface area contributed by atoms with Gasteiger partial charge in [0.15, 0.2) is 0 Å². The Morgan fingerprint density at radius 3 is 2.90 bits per heavy atom. The third-order valence-electron chi connectivity index (χ3n) is 2.87. The second kappa shape index (κ2) is 7.98. The predicted octanol–water partition coefficient (Wildman–Crippen LogP) is 2.43. The van der Waals surface area contributed by atoms with Crippen molar-refractivity contribution in [1.29, 1.82) is 5.26 Å². The lowest BCUT2D eigenvalue weighted by Crippen LogP contribution is -2.14. The molecule has 0 spiro atoms. The minimum absolute atomic E-state index is 0.395. The highest BCUT2D eigenvalue weighted by Crippen LogP contribution is 2.12. The molecule has 2 rings (SSSR count). The molecule has 0 aliphatic carbocycles. The molecule has 0 aromatic carbocycles. The molecular formula is C16H18N4O. The molecule has 0 saturated heterocycles. The summed E-state index contributed by atoms with van der Waals surface area (Å²) in [5, 5.41) is 12.1. The van der Waals surface area contributed by atoms with Crippen molar-refractivity contribution in [2.24, 2.45) is 0 Å². The zero-order valence-corrected chi connectivity index (χ0v) is 12.0. The molecule has 2 aromatic heterocycles. The van der Waals surface area contributed by atoms with Gasteiger partial charge in [-0.05, 0) is 42.8 Å². The number of pyridine rings is 2. The molecule has 0 amide bonds. The fraction of sp³-hybridized carbons (Fsp3) is 0.312. The zero-order valence-electron chi connectivity index (χ0n) is 12.0. The van der Waals surface area contributed by atoms with Crippen LogP contribution < -0.4 is 10.1 Å². The Kier molecular flexibility index (Phi) is 5.68. The van der Waals surface area contributed by atoms with Crippen LogP contribution in [0.25, 0.3) is 0 Å². The lowest BCUT2D eigenvalue weighted by molar-refractivity contribution is 0.304. The van der Waals surface area contributed by atoms with Gasteiger partial charge in [0.2, 0.25) is 0 Å². The third-order valence-corrected chi connectivity index (χ3v) is 2.87. The highest BCUT2D eigenvalue weighted by molar-refractivity contribution is 5.26. The largest absolute Gasteiger partial charge is 0.487 e. The number of hydrogen-bond acceptors (Lipinski definition) is 5. The number of nitrogens with zero attached hydrogens (tertiary/aromatic N) is 3. The van der Waals surface area contributed by atoms with Crippen LogP contribution in [0.15, 0.2) is 36.7 Å². The second-order valence-electron chi connectivity index (χ2n) is 4.61. The Morgan fingerprint density at radius 2 is 2.19 bits per heavy atom. The van der Waals surface area contributed by atoms with Crippen molar-refractivity contribution in [2.75, 3.05) is 6.54 Å². The monoisotopic (exact) mass is 282 g/mol. The van der Waals surface area contributed by atoms with E-state index in [9.17, 15) is 0 Å². The molecule has 0 aliphatic heterocycles. The Morgan fingerprint density at radius 1 is 1.29 bits per heavy atom. The Hall–Kier alpha value is -2.45. The first-order valence-corrected chi connectivity index (χ1v) is 6.95. The zero-order chi connectivity index (χ0) is 14.9. The number of aromatic nitrogens is 2. The van der Waals surface area contributed by atoms with Crippen molar-refractivity contribution >= 4 is 0 Å². The van der Waals surface area contributed by atoms with Gasteiger partial charge in [-0.15, -0.1) is 0 Å². The van der Waals surface area contributed by atoms with Gasteiger partial charge in [0.1, 0.15) is 24.1 Å². The molecule has 0 aliphatic rings. The Labute approximate surface area is 124 Å². The molecule has 0 atom stereocenters. The SMILES string of the molecule is CCCNCc1ccc(OCc2ccnc(C#N)c2)cn1. The summed E-state index contributed by atoms with van der Waals surface area (Å²) in [4.78, 5) is 8.27. The van der Waals surface area contributed by atoms with Gasteiger partial charge in [0.05, 0.1) is 11.9 Å². The summed E-state index contributed by atoms with van der Waals surface area (Å²) in [5.41, 5.74) is 2.30. The van der Waals surface area contributed by atoms with Crippen molar-refractivity contribution in [3.8, 4) is 11.8 Å². The maximum Gasteiger partial charge on any atom is 0.140 e. The third kappa shape index (κ3) is 4.86. The van der Waals surface area contributed by atoms with Gasteiger partial charge in [0.25, 0.3) is 0 Å². The molecule has 2 aromatic rings. The van der Waals surface area contributed by atoms with Gasteiger partial charge in [-0.3, -0.25) is 4.98 Å². The molecule has 1 N–H and O–H groups in total. The van der Waals surface area contributed by atoms with Gasteiger partial charge >= 0.3 is 0 Å². The van der Waals surface area contributed by atoms with Gasteiger partial charge in [-0.25, -0.2) is 4.98 Å². The maximum absolute atomic E-state index is 8.80. The summed E-state index contributed by atoms with van der Waals surface area (Å²) < 4.78 is 5.65. The van der Waals surface area contributed by atoms with E-state index < -0.39 is 0 Å². The van der Waals surface area contributed by atoms with Crippen molar-refractivity contribution in [1.82, 2.24) is 15.3 Å². The second-order valence-corrected chi connectivity index (χ2v) is 4.61. The van der Waals surface area contributed by atoms with Crippen LogP contribution in [0.3, 0.4) is 0 Å². The minimum Gasteiger partial charge on any atom is -0.487 e. The van der Waals surface area contributed by atoms with Gasteiger partial charge in [-0.1, -0.05) is 6.92 Å². The Bertz CT molecular complexity index is 604. The first-order valence-electron chi connectivity index (χ1n) is 6.95. The smallest absolute Gasteiger partial charge is 0.140 e. The van der Waals surface area contributed by atoms with E-state index in [2.05, 4.69) is 22.2 Å². The number of nitriles is 1. The van der Waals surface area contributed by atoms with Gasteiger partial charge in [0, 0.05) is 12.7 Å². The molecule has 108 valence electrons. The molecular weight excluding hydrogens is 264 g/mol. The molecule has 0 saturated carbocycles. The average Bonchev–Trinajstić information content (AvgIpc) is 2.54. The van der Waals surface area contributed by atoms with E-state index in [-0.39, 0.29) is 0 Å². The van der Waals surface area contributed by atoms with Crippen LogP contribution in [0.2, 0.25) is 0 Å². The molecule has 0 radical (unpaired) electrons. The highest BCUT2D eigenvalue weighted by atomic mass is 16.5. The quantitative estimate of drug-likeness (QED) is 0.790. The lowest BCUT2D eigenvalue weighted by atomic mass is 10.2. The van der Waals surface area contributed by atoms with E-state index in [0.29, 0.717) is 18.1 Å². The molecule has 5 nitrogen and oxygen atoms in total. The van der Waals surface area contributed by atoms with Crippen molar-refractivity contribution in [3.05, 3.63) is 53.6 Å². The van der Waals surface area contributed by atoms with E-state index in [4.69, 9.17) is 10.00 Å². The first-order chi connectivity index (χ1) is 10.3. The van der Waals surface area contributed by atoms with Crippen molar-refractivity contribution in [2.45, 2.75) is 26.5 Å². The summed E-state index contributed by atoms with van der Waals surface area (Å²) in [6, 6.07) is 9.42. The van der Waals surface area contributed by atoms with Crippen LogP contribution >= 0.6 is 0 Å². The summed E-state index contributed by atoms with van der Waals surface area (Å²) >= 11 is 0. The van der Waals surface area contributed by atoms with Crippen LogP contribution in [0.5, 0.6) is 5.75 Å². The first kappa shape index (κ1) is 14.9. The predicted molar refractivity (Wildman–Crippen MR) is 79.5 cm³/mol. The van der Waals surface area contributed by atoms with E-state index in [1.54, 1.807) is 18.5 Å². The standard InChI is InChI=1S/C16H18N4O/c1-2-6-18-10-14-3-4-16(11-20-14)21-12-13-5-7-19-15(8-13)9-17/h3-5,7-8,11,18H,2,6,10,12H2,1H3. The van der Waals surface area contributed by atoms with Gasteiger partial charge < -0.3 is 10.1 Å². The molecule has 21 heavy (non-hydrogen) atoms. The van der Waals surface area contributed by atoms with Crippen LogP contribution in [0, 0.1) is 11.3 Å². The summed E-state index contributed by atoms with van der Waals surface area (Å²) in [6.07, 6.45) is 4.44. The normalized spacial score (nSPS) is 10.1. The maximum atomic E-state index is 8.80. The molecule has 0 unspecified atom stereocenters. The van der Waals surface area contributed by atoms with Crippen molar-refractivity contribution < 1.29 is 4.74 Å². The Balaban J connectivity index is 1.87. The van der Waals surface area contributed by atoms with Crippen LogP contribution in [0.4, 0.5) is 0 Å². The summed E-state index contributed by atoms with van der Waals surface area (Å²) in [6.45, 7) is 4.29. The summed E-state index contributed by atoms with van der Waals surface area (Å²) in [5.74, 6) is 0.713. The highest BCUT2D eigenvalue weighted by Gasteiger charge is 2.00. The van der Waals surface area contributed by atoms with E-state index in [0.717, 1.165) is 30.8 Å². The van der Waals surface area contributed by atoms with Gasteiger partial charge in [-0.2, -0.15) is 5.26 Å². The number of rotatable bonds is 7.